The number of aliphatic carboxylic acids is 1. The summed E-state index contributed by atoms with van der Waals surface area (Å²) in [4.78, 5) is 23.6. The van der Waals surface area contributed by atoms with Gasteiger partial charge in [0.25, 0.3) is 5.91 Å². The summed E-state index contributed by atoms with van der Waals surface area (Å²) in [5.74, 6) is -1.75. The highest BCUT2D eigenvalue weighted by Gasteiger charge is 2.26. The zero-order valence-electron chi connectivity index (χ0n) is 13.8. The van der Waals surface area contributed by atoms with E-state index in [1.807, 2.05) is 0 Å². The molecule has 2 N–H and O–H groups in total. The number of hydrogen-bond acceptors (Lipinski definition) is 2. The van der Waals surface area contributed by atoms with Crippen LogP contribution in [-0.4, -0.2) is 29.2 Å². The molecule has 2 aromatic carbocycles. The van der Waals surface area contributed by atoms with Crippen molar-refractivity contribution < 1.29 is 27.9 Å². The SMILES string of the molecule is O=C(N[C@@H](Cc1ccccc1)C(=O)O)c1ccc(CCC(F)(F)F)cc1. The fraction of sp³-hybridized carbons (Fsp3) is 0.263. The number of amides is 1. The number of carbonyl (C=O) groups excluding carboxylic acids is 1. The number of halogens is 3. The lowest BCUT2D eigenvalue weighted by molar-refractivity contribution is -0.139. The molecule has 0 saturated carbocycles. The minimum absolute atomic E-state index is 0.131. The van der Waals surface area contributed by atoms with Crippen molar-refractivity contribution in [2.75, 3.05) is 0 Å². The first-order valence-corrected chi connectivity index (χ1v) is 7.98. The first-order chi connectivity index (χ1) is 12.2. The van der Waals surface area contributed by atoms with Crippen LogP contribution in [0.25, 0.3) is 0 Å². The van der Waals surface area contributed by atoms with Crippen LogP contribution in [0.4, 0.5) is 13.2 Å². The summed E-state index contributed by atoms with van der Waals surface area (Å²) in [6.45, 7) is 0. The van der Waals surface area contributed by atoms with Crippen molar-refractivity contribution in [3.8, 4) is 0 Å². The number of rotatable bonds is 7. The summed E-state index contributed by atoms with van der Waals surface area (Å²) in [7, 11) is 0. The molecule has 0 unspecified atom stereocenters. The summed E-state index contributed by atoms with van der Waals surface area (Å²) >= 11 is 0. The standard InChI is InChI=1S/C19H18F3NO3/c20-19(21,22)11-10-13-6-8-15(9-7-13)17(24)23-16(18(25)26)12-14-4-2-1-3-5-14/h1-9,16H,10-12H2,(H,23,24)(H,25,26)/t16-/m0/s1. The fourth-order valence-electron chi connectivity index (χ4n) is 2.40. The quantitative estimate of drug-likeness (QED) is 0.788. The zero-order chi connectivity index (χ0) is 19.2. The van der Waals surface area contributed by atoms with E-state index in [1.54, 1.807) is 30.3 Å². The van der Waals surface area contributed by atoms with Crippen molar-refractivity contribution >= 4 is 11.9 Å². The molecular formula is C19H18F3NO3. The van der Waals surface area contributed by atoms with E-state index in [2.05, 4.69) is 5.32 Å². The highest BCUT2D eigenvalue weighted by atomic mass is 19.4. The Hall–Kier alpha value is -2.83. The molecule has 0 spiro atoms. The Balaban J connectivity index is 1.99. The monoisotopic (exact) mass is 365 g/mol. The number of benzene rings is 2. The maximum atomic E-state index is 12.2. The van der Waals surface area contributed by atoms with Crippen molar-refractivity contribution in [3.05, 3.63) is 71.3 Å². The van der Waals surface area contributed by atoms with Crippen LogP contribution in [0.5, 0.6) is 0 Å². The summed E-state index contributed by atoms with van der Waals surface area (Å²) in [6, 6.07) is 13.4. The number of hydrogen-bond donors (Lipinski definition) is 2. The van der Waals surface area contributed by atoms with Crippen LogP contribution in [0.3, 0.4) is 0 Å². The van der Waals surface area contributed by atoms with Gasteiger partial charge < -0.3 is 10.4 Å². The summed E-state index contributed by atoms with van der Waals surface area (Å²) in [6.07, 6.45) is -5.21. The van der Waals surface area contributed by atoms with Crippen LogP contribution in [-0.2, 0) is 17.6 Å². The average Bonchev–Trinajstić information content (AvgIpc) is 2.60. The van der Waals surface area contributed by atoms with Crippen LogP contribution >= 0.6 is 0 Å². The van der Waals surface area contributed by atoms with Crippen LogP contribution in [0.1, 0.15) is 27.9 Å². The maximum absolute atomic E-state index is 12.2. The van der Waals surface area contributed by atoms with Crippen molar-refractivity contribution in [2.45, 2.75) is 31.5 Å². The normalized spacial score (nSPS) is 12.4. The van der Waals surface area contributed by atoms with E-state index >= 15 is 0 Å². The Morgan fingerprint density at radius 3 is 2.12 bits per heavy atom. The van der Waals surface area contributed by atoms with Gasteiger partial charge in [0.15, 0.2) is 0 Å². The van der Waals surface area contributed by atoms with Gasteiger partial charge in [-0.2, -0.15) is 13.2 Å². The predicted molar refractivity (Wildman–Crippen MR) is 89.9 cm³/mol. The third-order valence-corrected chi connectivity index (χ3v) is 3.80. The van der Waals surface area contributed by atoms with Crippen molar-refractivity contribution in [2.24, 2.45) is 0 Å². The number of carboxylic acid groups (broad SMARTS) is 1. The lowest BCUT2D eigenvalue weighted by atomic mass is 10.0. The minimum atomic E-state index is -4.23. The highest BCUT2D eigenvalue weighted by Crippen LogP contribution is 2.22. The van der Waals surface area contributed by atoms with Gasteiger partial charge in [0.05, 0.1) is 0 Å². The molecule has 0 bridgehead atoms. The van der Waals surface area contributed by atoms with Crippen LogP contribution in [0.2, 0.25) is 0 Å². The lowest BCUT2D eigenvalue weighted by Gasteiger charge is -2.15. The lowest BCUT2D eigenvalue weighted by Crippen LogP contribution is -2.42. The Morgan fingerprint density at radius 1 is 0.962 bits per heavy atom. The number of carboxylic acids is 1. The van der Waals surface area contributed by atoms with E-state index in [0.717, 1.165) is 5.56 Å². The van der Waals surface area contributed by atoms with E-state index in [4.69, 9.17) is 0 Å². The van der Waals surface area contributed by atoms with Gasteiger partial charge in [0.1, 0.15) is 6.04 Å². The van der Waals surface area contributed by atoms with Crippen LogP contribution in [0, 0.1) is 0 Å². The Kier molecular flexibility index (Phi) is 6.38. The molecule has 2 rings (SSSR count). The number of carbonyl (C=O) groups is 2. The first kappa shape index (κ1) is 19.5. The molecule has 0 aromatic heterocycles. The minimum Gasteiger partial charge on any atom is -0.480 e. The van der Waals surface area contributed by atoms with Crippen molar-refractivity contribution in [1.82, 2.24) is 5.32 Å². The van der Waals surface area contributed by atoms with Gasteiger partial charge in [-0.3, -0.25) is 4.79 Å². The second-order valence-electron chi connectivity index (χ2n) is 5.87. The van der Waals surface area contributed by atoms with Gasteiger partial charge >= 0.3 is 12.1 Å². The summed E-state index contributed by atoms with van der Waals surface area (Å²) < 4.78 is 36.7. The zero-order valence-corrected chi connectivity index (χ0v) is 13.8. The molecule has 0 saturated heterocycles. The number of aryl methyl sites for hydroxylation is 1. The third-order valence-electron chi connectivity index (χ3n) is 3.80. The van der Waals surface area contributed by atoms with Gasteiger partial charge in [-0.05, 0) is 29.7 Å². The van der Waals surface area contributed by atoms with E-state index in [1.165, 1.54) is 24.3 Å². The van der Waals surface area contributed by atoms with Crippen molar-refractivity contribution in [3.63, 3.8) is 0 Å². The van der Waals surface area contributed by atoms with Gasteiger partial charge in [-0.15, -0.1) is 0 Å². The maximum Gasteiger partial charge on any atom is 0.389 e. The van der Waals surface area contributed by atoms with Crippen molar-refractivity contribution in [1.29, 1.82) is 0 Å². The number of nitrogens with one attached hydrogen (secondary N) is 1. The number of alkyl halides is 3. The van der Waals surface area contributed by atoms with E-state index in [9.17, 15) is 27.9 Å². The molecule has 0 aliphatic rings. The summed E-state index contributed by atoms with van der Waals surface area (Å²) in [5, 5.41) is 11.7. The van der Waals surface area contributed by atoms with E-state index in [-0.39, 0.29) is 18.4 Å². The molecular weight excluding hydrogens is 347 g/mol. The molecule has 0 aliphatic heterocycles. The largest absolute Gasteiger partial charge is 0.480 e. The molecule has 4 nitrogen and oxygen atoms in total. The molecule has 138 valence electrons. The molecule has 0 aliphatic carbocycles. The highest BCUT2D eigenvalue weighted by molar-refractivity contribution is 5.96. The molecule has 26 heavy (non-hydrogen) atoms. The topological polar surface area (TPSA) is 66.4 Å². The Morgan fingerprint density at radius 2 is 1.58 bits per heavy atom. The van der Waals surface area contributed by atoms with E-state index < -0.39 is 30.5 Å². The summed E-state index contributed by atoms with van der Waals surface area (Å²) in [5.41, 5.74) is 1.42. The average molecular weight is 365 g/mol. The molecule has 1 atom stereocenters. The predicted octanol–water partition coefficient (Wildman–Crippen LogP) is 3.61. The fourth-order valence-corrected chi connectivity index (χ4v) is 2.40. The van der Waals surface area contributed by atoms with E-state index in [0.29, 0.717) is 5.56 Å². The van der Waals surface area contributed by atoms with Gasteiger partial charge in [-0.1, -0.05) is 42.5 Å². The first-order valence-electron chi connectivity index (χ1n) is 7.98. The molecule has 0 heterocycles. The van der Waals surface area contributed by atoms with Crippen LogP contribution < -0.4 is 5.32 Å². The molecule has 0 fully saturated rings. The second-order valence-corrected chi connectivity index (χ2v) is 5.87. The van der Waals surface area contributed by atoms with Gasteiger partial charge in [0.2, 0.25) is 0 Å². The Labute approximate surface area is 148 Å². The third kappa shape index (κ3) is 6.23. The molecule has 2 aromatic rings. The Bertz CT molecular complexity index is 743. The molecule has 0 radical (unpaired) electrons. The molecule has 1 amide bonds. The van der Waals surface area contributed by atoms with Gasteiger partial charge in [-0.25, -0.2) is 4.79 Å². The second kappa shape index (κ2) is 8.51. The van der Waals surface area contributed by atoms with Crippen LogP contribution in [0.15, 0.2) is 54.6 Å². The smallest absolute Gasteiger partial charge is 0.389 e. The van der Waals surface area contributed by atoms with Gasteiger partial charge in [0, 0.05) is 18.4 Å². The molecule has 7 heteroatoms.